The number of amides is 1. The quantitative estimate of drug-likeness (QED) is 0.197. The van der Waals surface area contributed by atoms with Crippen LogP contribution in [0.2, 0.25) is 0 Å². The molecule has 2 aromatic carbocycles. The zero-order chi connectivity index (χ0) is 25.9. The summed E-state index contributed by atoms with van der Waals surface area (Å²) in [6, 6.07) is 12.9. The van der Waals surface area contributed by atoms with Crippen LogP contribution in [0.15, 0.2) is 52.1 Å². The number of carbonyl (C=O) groups excluding carboxylic acids is 1. The number of benzene rings is 2. The lowest BCUT2D eigenvalue weighted by Crippen LogP contribution is -2.34. The van der Waals surface area contributed by atoms with Crippen LogP contribution in [0.1, 0.15) is 61.8 Å². The van der Waals surface area contributed by atoms with E-state index in [1.807, 2.05) is 37.3 Å². The van der Waals surface area contributed by atoms with E-state index < -0.39 is 12.1 Å². The van der Waals surface area contributed by atoms with E-state index in [0.717, 1.165) is 28.4 Å². The van der Waals surface area contributed by atoms with Crippen molar-refractivity contribution in [1.29, 1.82) is 0 Å². The number of likely N-dealkylation sites (N-methyl/N-ethyl adjacent to an activating group) is 1. The molecule has 0 spiro atoms. The second-order valence-electron chi connectivity index (χ2n) is 9.18. The first-order chi connectivity index (χ1) is 17.4. The average Bonchev–Trinajstić information content (AvgIpc) is 2.87. The van der Waals surface area contributed by atoms with Gasteiger partial charge in [-0.25, -0.2) is 0 Å². The number of nitrogens with zero attached hydrogens (tertiary/aromatic N) is 2. The van der Waals surface area contributed by atoms with E-state index in [9.17, 15) is 9.59 Å². The van der Waals surface area contributed by atoms with Gasteiger partial charge in [0, 0.05) is 28.8 Å². The molecule has 0 radical (unpaired) electrons. The van der Waals surface area contributed by atoms with E-state index in [1.54, 1.807) is 17.0 Å². The van der Waals surface area contributed by atoms with Gasteiger partial charge in [-0.05, 0) is 60.7 Å². The summed E-state index contributed by atoms with van der Waals surface area (Å²) < 4.78 is 0.850. The predicted molar refractivity (Wildman–Crippen MR) is 145 cm³/mol. The first-order valence-corrected chi connectivity index (χ1v) is 13.2. The highest BCUT2D eigenvalue weighted by molar-refractivity contribution is 9.10. The van der Waals surface area contributed by atoms with Crippen LogP contribution in [-0.2, 0) is 21.0 Å². The maximum absolute atomic E-state index is 13.1. The molecule has 36 heavy (non-hydrogen) atoms. The Morgan fingerprint density at radius 3 is 2.72 bits per heavy atom. The fraction of sp³-hybridized carbons (Fsp3) is 0.444. The molecule has 1 aliphatic carbocycles. The number of rotatable bonds is 12. The zero-order valence-corrected chi connectivity index (χ0v) is 22.2. The molecule has 2 aromatic rings. The van der Waals surface area contributed by atoms with Gasteiger partial charge in [0.25, 0.3) is 5.91 Å². The zero-order valence-electron chi connectivity index (χ0n) is 20.7. The van der Waals surface area contributed by atoms with Crippen molar-refractivity contribution in [3.05, 3.63) is 63.6 Å². The lowest BCUT2D eigenvalue weighted by molar-refractivity contribution is -0.138. The first kappa shape index (κ1) is 27.7. The Bertz CT molecular complexity index is 1060. The highest BCUT2D eigenvalue weighted by atomic mass is 79.9. The monoisotopic (exact) mass is 558 g/mol. The summed E-state index contributed by atoms with van der Waals surface area (Å²) in [5, 5.41) is 16.3. The number of carbonyl (C=O) groups is 2. The Morgan fingerprint density at radius 2 is 2.03 bits per heavy atom. The summed E-state index contributed by atoms with van der Waals surface area (Å²) in [5.74, 6) is -0.602. The fourth-order valence-corrected chi connectivity index (χ4v) is 4.78. The van der Waals surface area contributed by atoms with Crippen LogP contribution in [0.4, 0.5) is 5.69 Å². The number of nitrogen functional groups attached to an aromatic ring is 1. The van der Waals surface area contributed by atoms with Gasteiger partial charge < -0.3 is 21.0 Å². The number of nitrogens with two attached hydrogens (primary N) is 1. The number of oxime groups is 1. The number of carboxylic acid groups (broad SMARTS) is 1. The summed E-state index contributed by atoms with van der Waals surface area (Å²) in [5.41, 5.74) is 8.93. The molecule has 1 fully saturated rings. The van der Waals surface area contributed by atoms with E-state index >= 15 is 0 Å². The van der Waals surface area contributed by atoms with Crippen molar-refractivity contribution in [2.75, 3.05) is 25.4 Å². The summed E-state index contributed by atoms with van der Waals surface area (Å²) in [6.45, 7) is 3.46. The minimum atomic E-state index is -0.887. The first-order valence-electron chi connectivity index (χ1n) is 12.4. The number of aliphatic carboxylic acids is 1. The van der Waals surface area contributed by atoms with Gasteiger partial charge in [-0.2, -0.15) is 0 Å². The second kappa shape index (κ2) is 14.0. The molecule has 0 aromatic heterocycles. The van der Waals surface area contributed by atoms with Gasteiger partial charge in [-0.3, -0.25) is 14.5 Å². The molecule has 194 valence electrons. The largest absolute Gasteiger partial charge is 0.480 e. The normalized spacial score (nSPS) is 15.2. The van der Waals surface area contributed by atoms with Gasteiger partial charge >= 0.3 is 5.97 Å². The van der Waals surface area contributed by atoms with Crippen LogP contribution in [0, 0.1) is 5.92 Å². The lowest BCUT2D eigenvalue weighted by Gasteiger charge is -2.23. The van der Waals surface area contributed by atoms with Gasteiger partial charge in [0.05, 0.1) is 12.8 Å². The van der Waals surface area contributed by atoms with Crippen molar-refractivity contribution in [2.45, 2.75) is 51.7 Å². The third kappa shape index (κ3) is 8.64. The molecular weight excluding hydrogens is 524 g/mol. The van der Waals surface area contributed by atoms with Crippen LogP contribution < -0.4 is 11.1 Å². The van der Waals surface area contributed by atoms with Gasteiger partial charge in [0.2, 0.25) is 6.10 Å². The molecule has 4 N–H and O–H groups in total. The van der Waals surface area contributed by atoms with E-state index in [1.165, 1.54) is 25.5 Å². The van der Waals surface area contributed by atoms with Crippen LogP contribution in [0.25, 0.3) is 0 Å². The third-order valence-corrected chi connectivity index (χ3v) is 6.91. The Kier molecular flexibility index (Phi) is 10.8. The minimum Gasteiger partial charge on any atom is -0.480 e. The maximum Gasteiger partial charge on any atom is 0.317 e. The number of nitrogens with one attached hydrogen (secondary N) is 1. The minimum absolute atomic E-state index is 0.0678. The van der Waals surface area contributed by atoms with Crippen molar-refractivity contribution in [2.24, 2.45) is 11.1 Å². The highest BCUT2D eigenvalue weighted by Gasteiger charge is 2.24. The van der Waals surface area contributed by atoms with E-state index in [2.05, 4.69) is 26.4 Å². The Morgan fingerprint density at radius 1 is 1.25 bits per heavy atom. The molecule has 0 aliphatic heterocycles. The SMILES string of the molecule is CCN(CC(=O)O)Cc1cc(C=NOC(C(=O)NCC2CCCCC2)c2cccc(Br)c2)ccc1N. The third-order valence-electron chi connectivity index (χ3n) is 6.41. The Balaban J connectivity index is 1.70. The molecule has 1 aliphatic rings. The summed E-state index contributed by atoms with van der Waals surface area (Å²) in [7, 11) is 0. The Hall–Kier alpha value is -2.91. The summed E-state index contributed by atoms with van der Waals surface area (Å²) in [4.78, 5) is 31.7. The fourth-order valence-electron chi connectivity index (χ4n) is 4.37. The van der Waals surface area contributed by atoms with Crippen molar-refractivity contribution in [3.8, 4) is 0 Å². The van der Waals surface area contributed by atoms with Crippen molar-refractivity contribution < 1.29 is 19.5 Å². The van der Waals surface area contributed by atoms with E-state index in [0.29, 0.717) is 36.8 Å². The molecule has 0 saturated heterocycles. The molecule has 1 atom stereocenters. The molecule has 0 bridgehead atoms. The van der Waals surface area contributed by atoms with Crippen LogP contribution in [-0.4, -0.2) is 47.7 Å². The van der Waals surface area contributed by atoms with E-state index in [4.69, 9.17) is 15.7 Å². The maximum atomic E-state index is 13.1. The number of hydrogen-bond donors (Lipinski definition) is 3. The summed E-state index contributed by atoms with van der Waals surface area (Å²) >= 11 is 3.46. The molecule has 1 saturated carbocycles. The molecule has 3 rings (SSSR count). The molecule has 9 heteroatoms. The molecule has 8 nitrogen and oxygen atoms in total. The lowest BCUT2D eigenvalue weighted by atomic mass is 9.89. The van der Waals surface area contributed by atoms with Gasteiger partial charge in [-0.1, -0.05) is 65.5 Å². The van der Waals surface area contributed by atoms with Crippen molar-refractivity contribution in [1.82, 2.24) is 10.2 Å². The molecular formula is C27H35BrN4O4. The van der Waals surface area contributed by atoms with Crippen molar-refractivity contribution >= 4 is 39.7 Å². The molecule has 1 unspecified atom stereocenters. The van der Waals surface area contributed by atoms with Crippen LogP contribution in [0.5, 0.6) is 0 Å². The highest BCUT2D eigenvalue weighted by Crippen LogP contribution is 2.25. The number of halogens is 1. The molecule has 0 heterocycles. The Labute approximate surface area is 221 Å². The molecule has 1 amide bonds. The number of anilines is 1. The van der Waals surface area contributed by atoms with Gasteiger partial charge in [0.15, 0.2) is 0 Å². The topological polar surface area (TPSA) is 117 Å². The van der Waals surface area contributed by atoms with Gasteiger partial charge in [0.1, 0.15) is 0 Å². The average molecular weight is 560 g/mol. The predicted octanol–water partition coefficient (Wildman–Crippen LogP) is 4.73. The standard InChI is InChI=1S/C27H35BrN4O4/c1-2-32(18-25(33)34)17-22-13-20(11-12-24(22)29)16-31-36-26(21-9-6-10-23(28)14-21)27(35)30-15-19-7-4-3-5-8-19/h6,9-14,16,19,26H,2-5,7-8,15,17-18,29H2,1H3,(H,30,35)(H,33,34). The van der Waals surface area contributed by atoms with Crippen LogP contribution in [0.3, 0.4) is 0 Å². The smallest absolute Gasteiger partial charge is 0.317 e. The van der Waals surface area contributed by atoms with Crippen LogP contribution >= 0.6 is 15.9 Å². The number of hydrogen-bond acceptors (Lipinski definition) is 6. The van der Waals surface area contributed by atoms with Crippen molar-refractivity contribution in [3.63, 3.8) is 0 Å². The summed E-state index contributed by atoms with van der Waals surface area (Å²) in [6.07, 6.45) is 6.63. The van der Waals surface area contributed by atoms with E-state index in [-0.39, 0.29) is 12.5 Å². The second-order valence-corrected chi connectivity index (χ2v) is 10.1. The number of carboxylic acids is 1. The van der Waals surface area contributed by atoms with Gasteiger partial charge in [-0.15, -0.1) is 0 Å².